The Labute approximate surface area is 113 Å². The molecule has 1 heterocycles. The normalized spacial score (nSPS) is 14.3. The van der Waals surface area contributed by atoms with Crippen LogP contribution in [0.1, 0.15) is 24.3 Å². The van der Waals surface area contributed by atoms with Crippen molar-refractivity contribution < 1.29 is 9.84 Å². The molecule has 0 saturated carbocycles. The molecule has 0 spiro atoms. The molecule has 1 N–H and O–H groups in total. The SMILES string of the molecule is CCOC(c1ccccc1)C(O)Cc1ccn(C)n1. The first-order valence-corrected chi connectivity index (χ1v) is 6.54. The number of aliphatic hydroxyl groups is 1. The summed E-state index contributed by atoms with van der Waals surface area (Å²) in [6.45, 7) is 2.50. The van der Waals surface area contributed by atoms with Gasteiger partial charge in [0.2, 0.25) is 0 Å². The number of aromatic nitrogens is 2. The minimum absolute atomic E-state index is 0.312. The van der Waals surface area contributed by atoms with Gasteiger partial charge in [-0.1, -0.05) is 30.3 Å². The van der Waals surface area contributed by atoms with Gasteiger partial charge in [0, 0.05) is 26.3 Å². The van der Waals surface area contributed by atoms with Gasteiger partial charge in [-0.3, -0.25) is 4.68 Å². The highest BCUT2D eigenvalue weighted by molar-refractivity contribution is 5.19. The van der Waals surface area contributed by atoms with Crippen LogP contribution in [-0.4, -0.2) is 27.6 Å². The van der Waals surface area contributed by atoms with E-state index in [-0.39, 0.29) is 6.10 Å². The van der Waals surface area contributed by atoms with Crippen molar-refractivity contribution in [1.82, 2.24) is 9.78 Å². The number of aryl methyl sites for hydroxylation is 1. The molecule has 0 saturated heterocycles. The summed E-state index contributed by atoms with van der Waals surface area (Å²) in [6, 6.07) is 11.7. The molecular weight excluding hydrogens is 240 g/mol. The average molecular weight is 260 g/mol. The van der Waals surface area contributed by atoms with Crippen molar-refractivity contribution in [3.63, 3.8) is 0 Å². The first kappa shape index (κ1) is 13.8. The zero-order chi connectivity index (χ0) is 13.7. The molecule has 1 aromatic heterocycles. The summed E-state index contributed by atoms with van der Waals surface area (Å²) >= 11 is 0. The molecule has 1 aromatic carbocycles. The third kappa shape index (κ3) is 3.66. The number of rotatable bonds is 6. The van der Waals surface area contributed by atoms with Crippen molar-refractivity contribution in [2.45, 2.75) is 25.6 Å². The number of hydrogen-bond donors (Lipinski definition) is 1. The van der Waals surface area contributed by atoms with Crippen molar-refractivity contribution in [3.8, 4) is 0 Å². The van der Waals surface area contributed by atoms with E-state index in [0.717, 1.165) is 11.3 Å². The van der Waals surface area contributed by atoms with Gasteiger partial charge in [0.15, 0.2) is 0 Å². The molecule has 2 unspecified atom stereocenters. The van der Waals surface area contributed by atoms with Crippen molar-refractivity contribution >= 4 is 0 Å². The predicted octanol–water partition coefficient (Wildman–Crippen LogP) is 2.10. The van der Waals surface area contributed by atoms with E-state index >= 15 is 0 Å². The van der Waals surface area contributed by atoms with E-state index in [9.17, 15) is 5.11 Å². The highest BCUT2D eigenvalue weighted by atomic mass is 16.5. The fraction of sp³-hybridized carbons (Fsp3) is 0.400. The largest absolute Gasteiger partial charge is 0.390 e. The molecule has 0 fully saturated rings. The highest BCUT2D eigenvalue weighted by Gasteiger charge is 2.22. The summed E-state index contributed by atoms with van der Waals surface area (Å²) in [5, 5.41) is 14.7. The monoisotopic (exact) mass is 260 g/mol. The van der Waals surface area contributed by atoms with E-state index < -0.39 is 6.10 Å². The molecular formula is C15H20N2O2. The molecule has 0 aliphatic carbocycles. The maximum atomic E-state index is 10.4. The number of nitrogens with zero attached hydrogens (tertiary/aromatic N) is 2. The Bertz CT molecular complexity index is 496. The third-order valence-electron chi connectivity index (χ3n) is 3.01. The molecule has 2 rings (SSSR count). The van der Waals surface area contributed by atoms with E-state index in [1.807, 2.05) is 56.6 Å². The lowest BCUT2D eigenvalue weighted by molar-refractivity contribution is -0.0343. The van der Waals surface area contributed by atoms with E-state index in [1.165, 1.54) is 0 Å². The van der Waals surface area contributed by atoms with Crippen LogP contribution in [-0.2, 0) is 18.2 Å². The van der Waals surface area contributed by atoms with Gasteiger partial charge >= 0.3 is 0 Å². The Hall–Kier alpha value is -1.65. The molecule has 0 aliphatic rings. The molecule has 0 amide bonds. The molecule has 2 atom stereocenters. The van der Waals surface area contributed by atoms with Crippen LogP contribution >= 0.6 is 0 Å². The number of ether oxygens (including phenoxy) is 1. The fourth-order valence-electron chi connectivity index (χ4n) is 2.15. The lowest BCUT2D eigenvalue weighted by Crippen LogP contribution is -2.24. The van der Waals surface area contributed by atoms with Crippen LogP contribution in [0.2, 0.25) is 0 Å². The first-order chi connectivity index (χ1) is 9.20. The highest BCUT2D eigenvalue weighted by Crippen LogP contribution is 2.23. The fourth-order valence-corrected chi connectivity index (χ4v) is 2.15. The van der Waals surface area contributed by atoms with Gasteiger partial charge in [0.1, 0.15) is 6.10 Å². The summed E-state index contributed by atoms with van der Waals surface area (Å²) in [4.78, 5) is 0. The summed E-state index contributed by atoms with van der Waals surface area (Å²) in [5.74, 6) is 0. The quantitative estimate of drug-likeness (QED) is 0.865. The van der Waals surface area contributed by atoms with E-state index in [2.05, 4.69) is 5.10 Å². The lowest BCUT2D eigenvalue weighted by atomic mass is 10.0. The minimum atomic E-state index is -0.600. The summed E-state index contributed by atoms with van der Waals surface area (Å²) in [6.07, 6.45) is 1.45. The van der Waals surface area contributed by atoms with Crippen molar-refractivity contribution in [3.05, 3.63) is 53.9 Å². The van der Waals surface area contributed by atoms with Crippen molar-refractivity contribution in [2.24, 2.45) is 7.05 Å². The van der Waals surface area contributed by atoms with Crippen molar-refractivity contribution in [2.75, 3.05) is 6.61 Å². The molecule has 102 valence electrons. The number of aliphatic hydroxyl groups excluding tert-OH is 1. The topological polar surface area (TPSA) is 47.3 Å². The Morgan fingerprint density at radius 2 is 2.00 bits per heavy atom. The van der Waals surface area contributed by atoms with Gasteiger partial charge in [-0.25, -0.2) is 0 Å². The van der Waals surface area contributed by atoms with E-state index in [1.54, 1.807) is 4.68 Å². The second kappa shape index (κ2) is 6.50. The molecule has 19 heavy (non-hydrogen) atoms. The minimum Gasteiger partial charge on any atom is -0.390 e. The van der Waals surface area contributed by atoms with Gasteiger partial charge in [-0.15, -0.1) is 0 Å². The Kier molecular flexibility index (Phi) is 4.71. The number of benzene rings is 1. The summed E-state index contributed by atoms with van der Waals surface area (Å²) < 4.78 is 7.42. The van der Waals surface area contributed by atoms with Crippen molar-refractivity contribution in [1.29, 1.82) is 0 Å². The van der Waals surface area contributed by atoms with Gasteiger partial charge in [0.05, 0.1) is 11.8 Å². The number of hydrogen-bond acceptors (Lipinski definition) is 3. The Morgan fingerprint density at radius 1 is 1.26 bits per heavy atom. The zero-order valence-corrected chi connectivity index (χ0v) is 11.4. The van der Waals surface area contributed by atoms with E-state index in [0.29, 0.717) is 13.0 Å². The summed E-state index contributed by atoms with van der Waals surface area (Å²) in [7, 11) is 1.87. The second-order valence-electron chi connectivity index (χ2n) is 4.54. The van der Waals surface area contributed by atoms with Gasteiger partial charge < -0.3 is 9.84 Å². The molecule has 4 nitrogen and oxygen atoms in total. The van der Waals surface area contributed by atoms with Crippen LogP contribution in [0.15, 0.2) is 42.6 Å². The molecule has 0 bridgehead atoms. The lowest BCUT2D eigenvalue weighted by Gasteiger charge is -2.22. The van der Waals surface area contributed by atoms with Gasteiger partial charge in [0.25, 0.3) is 0 Å². The van der Waals surface area contributed by atoms with Crippen LogP contribution in [0.5, 0.6) is 0 Å². The zero-order valence-electron chi connectivity index (χ0n) is 11.4. The standard InChI is InChI=1S/C15H20N2O2/c1-3-19-15(12-7-5-4-6-8-12)14(18)11-13-9-10-17(2)16-13/h4-10,14-15,18H,3,11H2,1-2H3. The van der Waals surface area contributed by atoms with E-state index in [4.69, 9.17) is 4.74 Å². The van der Waals surface area contributed by atoms with Crippen LogP contribution in [0.25, 0.3) is 0 Å². The Morgan fingerprint density at radius 3 is 2.58 bits per heavy atom. The van der Waals surface area contributed by atoms with Crippen LogP contribution in [0.4, 0.5) is 0 Å². The average Bonchev–Trinajstić information content (AvgIpc) is 2.82. The molecule has 2 aromatic rings. The maximum absolute atomic E-state index is 10.4. The smallest absolute Gasteiger partial charge is 0.109 e. The van der Waals surface area contributed by atoms with Crippen LogP contribution < -0.4 is 0 Å². The maximum Gasteiger partial charge on any atom is 0.109 e. The van der Waals surface area contributed by atoms with Crippen LogP contribution in [0.3, 0.4) is 0 Å². The van der Waals surface area contributed by atoms with Gasteiger partial charge in [-0.05, 0) is 18.6 Å². The van der Waals surface area contributed by atoms with Crippen LogP contribution in [0, 0.1) is 0 Å². The molecule has 0 aliphatic heterocycles. The predicted molar refractivity (Wildman–Crippen MR) is 73.7 cm³/mol. The first-order valence-electron chi connectivity index (χ1n) is 6.54. The molecule has 0 radical (unpaired) electrons. The Balaban J connectivity index is 2.10. The van der Waals surface area contributed by atoms with Gasteiger partial charge in [-0.2, -0.15) is 5.10 Å². The third-order valence-corrected chi connectivity index (χ3v) is 3.01. The molecule has 4 heteroatoms. The second-order valence-corrected chi connectivity index (χ2v) is 4.54. The summed E-state index contributed by atoms with van der Waals surface area (Å²) in [5.41, 5.74) is 1.86.